The third-order valence-electron chi connectivity index (χ3n) is 3.42. The number of carbonyl (C=O) groups is 1. The molecule has 0 saturated carbocycles. The second kappa shape index (κ2) is 5.63. The molecule has 4 nitrogen and oxygen atoms in total. The smallest absolute Gasteiger partial charge is 0.289 e. The standard InChI is InChI=1S/C12H17BrN2O2.ClH/c1-8-5-9(13)17-10(8)11(16)15-4-3-12(2,6-14)7-15;/h5H,3-4,6-7,14H2,1-2H3;1H. The maximum Gasteiger partial charge on any atom is 0.289 e. The van der Waals surface area contributed by atoms with Gasteiger partial charge in [-0.05, 0) is 47.3 Å². The number of hydrogen-bond acceptors (Lipinski definition) is 3. The topological polar surface area (TPSA) is 59.5 Å². The molecule has 0 aromatic carbocycles. The predicted molar refractivity (Wildman–Crippen MR) is 76.1 cm³/mol. The number of nitrogens with zero attached hydrogens (tertiary/aromatic N) is 1. The average Bonchev–Trinajstić information content (AvgIpc) is 2.82. The minimum Gasteiger partial charge on any atom is -0.444 e. The fourth-order valence-electron chi connectivity index (χ4n) is 2.16. The summed E-state index contributed by atoms with van der Waals surface area (Å²) in [6, 6.07) is 1.81. The summed E-state index contributed by atoms with van der Waals surface area (Å²) in [6.45, 7) is 6.06. The number of halogens is 2. The molecule has 0 aliphatic carbocycles. The van der Waals surface area contributed by atoms with Gasteiger partial charge in [0.05, 0.1) is 0 Å². The molecule has 0 radical (unpaired) electrons. The first kappa shape index (κ1) is 15.5. The summed E-state index contributed by atoms with van der Waals surface area (Å²) in [5, 5.41) is 0. The highest BCUT2D eigenvalue weighted by molar-refractivity contribution is 9.10. The Balaban J connectivity index is 0.00000162. The van der Waals surface area contributed by atoms with E-state index in [0.717, 1.165) is 18.5 Å². The van der Waals surface area contributed by atoms with Gasteiger partial charge in [-0.15, -0.1) is 12.4 Å². The highest BCUT2D eigenvalue weighted by Gasteiger charge is 2.36. The number of nitrogens with two attached hydrogens (primary N) is 1. The Morgan fingerprint density at radius 2 is 2.33 bits per heavy atom. The Morgan fingerprint density at radius 1 is 1.67 bits per heavy atom. The quantitative estimate of drug-likeness (QED) is 0.902. The van der Waals surface area contributed by atoms with Crippen LogP contribution in [0.3, 0.4) is 0 Å². The van der Waals surface area contributed by atoms with Crippen LogP contribution in [0.2, 0.25) is 0 Å². The molecule has 102 valence electrons. The second-order valence-corrected chi connectivity index (χ2v) is 5.84. The van der Waals surface area contributed by atoms with Crippen molar-refractivity contribution in [2.75, 3.05) is 19.6 Å². The van der Waals surface area contributed by atoms with Crippen LogP contribution in [0.25, 0.3) is 0 Å². The molecule has 18 heavy (non-hydrogen) atoms. The molecule has 0 bridgehead atoms. The molecule has 1 aromatic rings. The summed E-state index contributed by atoms with van der Waals surface area (Å²) in [5.41, 5.74) is 6.65. The van der Waals surface area contributed by atoms with Crippen molar-refractivity contribution in [3.8, 4) is 0 Å². The van der Waals surface area contributed by atoms with Crippen LogP contribution in [0.5, 0.6) is 0 Å². The molecule has 1 atom stereocenters. The summed E-state index contributed by atoms with van der Waals surface area (Å²) in [4.78, 5) is 14.1. The molecule has 1 aliphatic rings. The third kappa shape index (κ3) is 2.90. The van der Waals surface area contributed by atoms with Crippen LogP contribution in [-0.4, -0.2) is 30.4 Å². The van der Waals surface area contributed by atoms with Crippen LogP contribution in [-0.2, 0) is 0 Å². The van der Waals surface area contributed by atoms with Gasteiger partial charge in [-0.2, -0.15) is 0 Å². The fraction of sp³-hybridized carbons (Fsp3) is 0.583. The molecule has 2 rings (SSSR count). The number of furan rings is 1. The van der Waals surface area contributed by atoms with Gasteiger partial charge in [0.25, 0.3) is 5.91 Å². The number of carbonyl (C=O) groups excluding carboxylic acids is 1. The van der Waals surface area contributed by atoms with Gasteiger partial charge >= 0.3 is 0 Å². The minimum absolute atomic E-state index is 0. The van der Waals surface area contributed by atoms with Crippen LogP contribution < -0.4 is 5.73 Å². The molecule has 1 fully saturated rings. The average molecular weight is 338 g/mol. The summed E-state index contributed by atoms with van der Waals surface area (Å²) < 4.78 is 5.98. The highest BCUT2D eigenvalue weighted by atomic mass is 79.9. The van der Waals surface area contributed by atoms with Crippen LogP contribution in [0.4, 0.5) is 0 Å². The van der Waals surface area contributed by atoms with E-state index < -0.39 is 0 Å². The summed E-state index contributed by atoms with van der Waals surface area (Å²) >= 11 is 3.24. The number of aryl methyl sites for hydroxylation is 1. The number of likely N-dealkylation sites (tertiary alicyclic amines) is 1. The van der Waals surface area contributed by atoms with Crippen molar-refractivity contribution < 1.29 is 9.21 Å². The third-order valence-corrected chi connectivity index (χ3v) is 3.81. The highest BCUT2D eigenvalue weighted by Crippen LogP contribution is 2.30. The largest absolute Gasteiger partial charge is 0.444 e. The maximum atomic E-state index is 12.3. The maximum absolute atomic E-state index is 12.3. The molecular weight excluding hydrogens is 320 g/mol. The zero-order valence-corrected chi connectivity index (χ0v) is 12.9. The van der Waals surface area contributed by atoms with Gasteiger partial charge in [0.2, 0.25) is 0 Å². The molecular formula is C12H18BrClN2O2. The fourth-order valence-corrected chi connectivity index (χ4v) is 2.67. The molecule has 1 unspecified atom stereocenters. The van der Waals surface area contributed by atoms with Crippen LogP contribution in [0, 0.1) is 12.3 Å². The SMILES string of the molecule is Cc1cc(Br)oc1C(=O)N1CCC(C)(CN)C1.Cl. The van der Waals surface area contributed by atoms with E-state index >= 15 is 0 Å². The molecule has 1 aromatic heterocycles. The normalized spacial score (nSPS) is 23.0. The van der Waals surface area contributed by atoms with Gasteiger partial charge in [0.1, 0.15) is 0 Å². The lowest BCUT2D eigenvalue weighted by Crippen LogP contribution is -2.34. The lowest BCUT2D eigenvalue weighted by molar-refractivity contribution is 0.0743. The Bertz CT molecular complexity index is 449. The first-order chi connectivity index (χ1) is 7.95. The van der Waals surface area contributed by atoms with Crippen molar-refractivity contribution >= 4 is 34.2 Å². The monoisotopic (exact) mass is 336 g/mol. The van der Waals surface area contributed by atoms with Crippen LogP contribution in [0.1, 0.15) is 29.5 Å². The van der Waals surface area contributed by atoms with E-state index in [2.05, 4.69) is 22.9 Å². The number of rotatable bonds is 2. The Labute approximate surface area is 121 Å². The number of amides is 1. The molecule has 0 spiro atoms. The van der Waals surface area contributed by atoms with Crippen molar-refractivity contribution in [1.82, 2.24) is 4.90 Å². The van der Waals surface area contributed by atoms with E-state index in [1.807, 2.05) is 17.9 Å². The van der Waals surface area contributed by atoms with Crippen LogP contribution >= 0.6 is 28.3 Å². The lowest BCUT2D eigenvalue weighted by Gasteiger charge is -2.22. The van der Waals surface area contributed by atoms with Crippen molar-refractivity contribution in [1.29, 1.82) is 0 Å². The number of hydrogen-bond donors (Lipinski definition) is 1. The van der Waals surface area contributed by atoms with Crippen LogP contribution in [0.15, 0.2) is 15.2 Å². The molecule has 1 amide bonds. The van der Waals surface area contributed by atoms with Crippen molar-refractivity contribution in [2.24, 2.45) is 11.1 Å². The minimum atomic E-state index is -0.0367. The van der Waals surface area contributed by atoms with Crippen molar-refractivity contribution in [3.05, 3.63) is 22.1 Å². The van der Waals surface area contributed by atoms with E-state index in [1.165, 1.54) is 0 Å². The zero-order valence-electron chi connectivity index (χ0n) is 10.5. The van der Waals surface area contributed by atoms with E-state index in [0.29, 0.717) is 23.5 Å². The van der Waals surface area contributed by atoms with Gasteiger partial charge in [-0.3, -0.25) is 4.79 Å². The van der Waals surface area contributed by atoms with Crippen molar-refractivity contribution in [3.63, 3.8) is 0 Å². The Morgan fingerprint density at radius 3 is 2.78 bits per heavy atom. The molecule has 2 heterocycles. The molecule has 6 heteroatoms. The van der Waals surface area contributed by atoms with E-state index in [9.17, 15) is 4.79 Å². The predicted octanol–water partition coefficient (Wildman–Crippen LogP) is 2.58. The van der Waals surface area contributed by atoms with Crippen molar-refractivity contribution in [2.45, 2.75) is 20.3 Å². The first-order valence-corrected chi connectivity index (χ1v) is 6.50. The van der Waals surface area contributed by atoms with Gasteiger partial charge in [0.15, 0.2) is 10.4 Å². The zero-order chi connectivity index (χ0) is 12.6. The van der Waals surface area contributed by atoms with E-state index in [-0.39, 0.29) is 23.7 Å². The summed E-state index contributed by atoms with van der Waals surface area (Å²) in [7, 11) is 0. The Hall–Kier alpha value is -0.520. The molecule has 1 aliphatic heterocycles. The second-order valence-electron chi connectivity index (χ2n) is 5.05. The first-order valence-electron chi connectivity index (χ1n) is 5.70. The summed E-state index contributed by atoms with van der Waals surface area (Å²) in [5.74, 6) is 0.392. The lowest BCUT2D eigenvalue weighted by atomic mass is 9.90. The molecule has 2 N–H and O–H groups in total. The van der Waals surface area contributed by atoms with Gasteiger partial charge in [-0.25, -0.2) is 0 Å². The van der Waals surface area contributed by atoms with E-state index in [1.54, 1.807) is 0 Å². The van der Waals surface area contributed by atoms with Gasteiger partial charge < -0.3 is 15.1 Å². The van der Waals surface area contributed by atoms with Gasteiger partial charge in [0, 0.05) is 18.7 Å². The van der Waals surface area contributed by atoms with E-state index in [4.69, 9.17) is 10.2 Å². The molecule has 1 saturated heterocycles. The van der Waals surface area contributed by atoms with Gasteiger partial charge in [-0.1, -0.05) is 6.92 Å². The Kier molecular flexibility index (Phi) is 4.86. The summed E-state index contributed by atoms with van der Waals surface area (Å²) in [6.07, 6.45) is 0.955.